The molecule has 0 radical (unpaired) electrons. The fourth-order valence-electron chi connectivity index (χ4n) is 3.93. The highest BCUT2D eigenvalue weighted by atomic mass is 16.5. The zero-order valence-electron chi connectivity index (χ0n) is 12.1. The quantitative estimate of drug-likeness (QED) is 0.920. The maximum Gasteiger partial charge on any atom is 0.320 e. The first-order valence-corrected chi connectivity index (χ1v) is 7.48. The minimum atomic E-state index is -0.689. The largest absolute Gasteiger partial charge is 0.480 e. The molecule has 1 aromatic rings. The summed E-state index contributed by atoms with van der Waals surface area (Å²) in [6.45, 7) is 4.48. The maximum absolute atomic E-state index is 11.6. The van der Waals surface area contributed by atoms with E-state index >= 15 is 0 Å². The number of hydrogen-bond donors (Lipinski definition) is 1. The van der Waals surface area contributed by atoms with Crippen LogP contribution in [-0.2, 0) is 11.3 Å². The van der Waals surface area contributed by atoms with Crippen molar-refractivity contribution in [3.8, 4) is 0 Å². The van der Waals surface area contributed by atoms with Crippen molar-refractivity contribution in [2.75, 3.05) is 0 Å². The molecule has 0 amide bonds. The number of nitrogens with zero attached hydrogens (tertiary/aromatic N) is 2. The molecule has 3 rings (SSSR count). The van der Waals surface area contributed by atoms with Crippen LogP contribution in [-0.4, -0.2) is 33.2 Å². The monoisotopic (exact) mass is 278 g/mol. The van der Waals surface area contributed by atoms with E-state index in [2.05, 4.69) is 10.1 Å². The van der Waals surface area contributed by atoms with Gasteiger partial charge in [-0.15, -0.1) is 0 Å². The summed E-state index contributed by atoms with van der Waals surface area (Å²) in [5, 5.41) is 13.5. The Bertz CT molecular complexity index is 492. The van der Waals surface area contributed by atoms with Crippen LogP contribution in [0, 0.1) is 19.8 Å². The average molecular weight is 278 g/mol. The Kier molecular flexibility index (Phi) is 3.54. The molecule has 1 saturated heterocycles. The summed E-state index contributed by atoms with van der Waals surface area (Å²) in [6, 6.07) is 0.0651. The highest BCUT2D eigenvalue weighted by Crippen LogP contribution is 2.40. The zero-order valence-corrected chi connectivity index (χ0v) is 12.1. The molecule has 0 bridgehead atoms. The summed E-state index contributed by atoms with van der Waals surface area (Å²) in [5.74, 6) is 0.669. The third kappa shape index (κ3) is 2.24. The number of fused-ring (bicyclic) bond motifs is 1. The van der Waals surface area contributed by atoms with Gasteiger partial charge in [-0.1, -0.05) is 18.0 Å². The lowest BCUT2D eigenvalue weighted by molar-refractivity contribution is -0.142. The molecule has 20 heavy (non-hydrogen) atoms. The van der Waals surface area contributed by atoms with Crippen LogP contribution in [0.4, 0.5) is 0 Å². The van der Waals surface area contributed by atoms with Crippen molar-refractivity contribution in [3.63, 3.8) is 0 Å². The lowest BCUT2D eigenvalue weighted by Gasteiger charge is -2.32. The molecule has 1 saturated carbocycles. The lowest BCUT2D eigenvalue weighted by atomic mass is 9.84. The van der Waals surface area contributed by atoms with Crippen LogP contribution in [0.25, 0.3) is 0 Å². The predicted octanol–water partition coefficient (Wildman–Crippen LogP) is 2.51. The van der Waals surface area contributed by atoms with Gasteiger partial charge in [0.1, 0.15) is 11.8 Å². The van der Waals surface area contributed by atoms with Crippen LogP contribution in [0.5, 0.6) is 0 Å². The van der Waals surface area contributed by atoms with E-state index in [-0.39, 0.29) is 6.04 Å². The van der Waals surface area contributed by atoms with E-state index in [1.807, 2.05) is 13.8 Å². The van der Waals surface area contributed by atoms with Crippen LogP contribution in [0.2, 0.25) is 0 Å². The average Bonchev–Trinajstić information content (AvgIpc) is 2.94. The van der Waals surface area contributed by atoms with Gasteiger partial charge in [-0.3, -0.25) is 9.69 Å². The fourth-order valence-corrected chi connectivity index (χ4v) is 3.93. The Morgan fingerprint density at radius 2 is 2.15 bits per heavy atom. The number of aliphatic carboxylic acids is 1. The normalized spacial score (nSPS) is 30.4. The number of carbonyl (C=O) groups is 1. The van der Waals surface area contributed by atoms with Gasteiger partial charge in [-0.2, -0.15) is 0 Å². The van der Waals surface area contributed by atoms with Gasteiger partial charge >= 0.3 is 5.97 Å². The second-order valence-corrected chi connectivity index (χ2v) is 6.18. The predicted molar refractivity (Wildman–Crippen MR) is 73.3 cm³/mol. The third-order valence-electron chi connectivity index (χ3n) is 5.03. The summed E-state index contributed by atoms with van der Waals surface area (Å²) < 4.78 is 5.21. The van der Waals surface area contributed by atoms with Crippen LogP contribution in [0.15, 0.2) is 4.52 Å². The number of carboxylic acids is 1. The second-order valence-electron chi connectivity index (χ2n) is 6.18. The minimum Gasteiger partial charge on any atom is -0.480 e. The Hall–Kier alpha value is -1.36. The van der Waals surface area contributed by atoms with Crippen LogP contribution < -0.4 is 0 Å². The number of rotatable bonds is 3. The van der Waals surface area contributed by atoms with Crippen molar-refractivity contribution >= 4 is 5.97 Å². The molecular formula is C15H22N2O3. The highest BCUT2D eigenvalue weighted by Gasteiger charge is 2.45. The third-order valence-corrected chi connectivity index (χ3v) is 5.03. The van der Waals surface area contributed by atoms with Crippen molar-refractivity contribution in [3.05, 3.63) is 17.0 Å². The van der Waals surface area contributed by atoms with E-state index in [0.29, 0.717) is 18.5 Å². The van der Waals surface area contributed by atoms with E-state index in [1.165, 1.54) is 19.3 Å². The highest BCUT2D eigenvalue weighted by molar-refractivity contribution is 5.74. The van der Waals surface area contributed by atoms with Crippen molar-refractivity contribution in [2.45, 2.75) is 64.6 Å². The van der Waals surface area contributed by atoms with Gasteiger partial charge < -0.3 is 9.63 Å². The minimum absolute atomic E-state index is 0.350. The summed E-state index contributed by atoms with van der Waals surface area (Å²) in [7, 11) is 0. The molecule has 3 atom stereocenters. The molecule has 0 spiro atoms. The molecule has 2 aliphatic rings. The summed E-state index contributed by atoms with van der Waals surface area (Å²) >= 11 is 0. The molecule has 2 heterocycles. The molecule has 0 aromatic carbocycles. The zero-order chi connectivity index (χ0) is 14.3. The molecule has 1 aromatic heterocycles. The van der Waals surface area contributed by atoms with Crippen molar-refractivity contribution in [1.29, 1.82) is 0 Å². The number of carboxylic acid groups (broad SMARTS) is 1. The molecule has 5 nitrogen and oxygen atoms in total. The maximum atomic E-state index is 11.6. The van der Waals surface area contributed by atoms with Gasteiger partial charge in [0.05, 0.1) is 5.69 Å². The molecule has 110 valence electrons. The molecule has 5 heteroatoms. The molecule has 3 unspecified atom stereocenters. The topological polar surface area (TPSA) is 66.6 Å². The van der Waals surface area contributed by atoms with Gasteiger partial charge in [0.25, 0.3) is 0 Å². The van der Waals surface area contributed by atoms with E-state index in [0.717, 1.165) is 29.9 Å². The van der Waals surface area contributed by atoms with E-state index < -0.39 is 5.97 Å². The van der Waals surface area contributed by atoms with Gasteiger partial charge in [0.15, 0.2) is 0 Å². The first kappa shape index (κ1) is 13.6. The van der Waals surface area contributed by atoms with Crippen molar-refractivity contribution in [1.82, 2.24) is 10.1 Å². The smallest absolute Gasteiger partial charge is 0.320 e. The Labute approximate surface area is 118 Å². The van der Waals surface area contributed by atoms with Crippen LogP contribution >= 0.6 is 0 Å². The lowest BCUT2D eigenvalue weighted by Crippen LogP contribution is -2.41. The molecule has 1 aliphatic carbocycles. The Balaban J connectivity index is 1.86. The summed E-state index contributed by atoms with van der Waals surface area (Å²) in [4.78, 5) is 13.8. The van der Waals surface area contributed by atoms with Gasteiger partial charge in [-0.05, 0) is 39.0 Å². The van der Waals surface area contributed by atoms with Gasteiger partial charge in [-0.25, -0.2) is 0 Å². The van der Waals surface area contributed by atoms with E-state index in [4.69, 9.17) is 4.52 Å². The van der Waals surface area contributed by atoms with Crippen LogP contribution in [0.1, 0.15) is 49.1 Å². The standard InChI is InChI=1S/C15H22N2O3/c1-9-12(10(2)20-16-9)8-17-13-6-4-3-5-11(13)7-14(17)15(18)19/h11,13-14H,3-8H2,1-2H3,(H,18,19). The summed E-state index contributed by atoms with van der Waals surface area (Å²) in [5.41, 5.74) is 1.94. The van der Waals surface area contributed by atoms with Gasteiger partial charge in [0, 0.05) is 18.2 Å². The Morgan fingerprint density at radius 1 is 1.40 bits per heavy atom. The number of likely N-dealkylation sites (tertiary alicyclic amines) is 1. The SMILES string of the molecule is Cc1noc(C)c1CN1C(C(=O)O)CC2CCCCC21. The second kappa shape index (κ2) is 5.20. The van der Waals surface area contributed by atoms with E-state index in [9.17, 15) is 9.90 Å². The Morgan fingerprint density at radius 3 is 2.80 bits per heavy atom. The first-order valence-electron chi connectivity index (χ1n) is 7.48. The fraction of sp³-hybridized carbons (Fsp3) is 0.733. The number of aryl methyl sites for hydroxylation is 2. The molecule has 2 fully saturated rings. The first-order chi connectivity index (χ1) is 9.58. The van der Waals surface area contributed by atoms with Crippen LogP contribution in [0.3, 0.4) is 0 Å². The number of hydrogen-bond acceptors (Lipinski definition) is 4. The number of aromatic nitrogens is 1. The van der Waals surface area contributed by atoms with Gasteiger partial charge in [0.2, 0.25) is 0 Å². The molecule has 1 aliphatic heterocycles. The summed E-state index contributed by atoms with van der Waals surface area (Å²) in [6.07, 6.45) is 5.55. The van der Waals surface area contributed by atoms with E-state index in [1.54, 1.807) is 0 Å². The van der Waals surface area contributed by atoms with Crippen molar-refractivity contribution in [2.24, 2.45) is 5.92 Å². The molecule has 1 N–H and O–H groups in total. The molecular weight excluding hydrogens is 256 g/mol. The van der Waals surface area contributed by atoms with Crippen molar-refractivity contribution < 1.29 is 14.4 Å².